The molecule has 5 nitrogen and oxygen atoms in total. The van der Waals surface area contributed by atoms with Crippen molar-refractivity contribution >= 4 is 39.1 Å². The topological polar surface area (TPSA) is 66.5 Å². The summed E-state index contributed by atoms with van der Waals surface area (Å²) in [5.41, 5.74) is 0. The van der Waals surface area contributed by atoms with Crippen molar-refractivity contribution in [1.82, 2.24) is 9.62 Å². The van der Waals surface area contributed by atoms with Gasteiger partial charge in [-0.2, -0.15) is 4.31 Å². The van der Waals surface area contributed by atoms with Crippen LogP contribution in [0.2, 0.25) is 10.0 Å². The second kappa shape index (κ2) is 5.28. The van der Waals surface area contributed by atoms with E-state index in [-0.39, 0.29) is 33.9 Å². The molecule has 19 heavy (non-hydrogen) atoms. The van der Waals surface area contributed by atoms with E-state index in [1.54, 1.807) is 0 Å². The van der Waals surface area contributed by atoms with Gasteiger partial charge < -0.3 is 5.32 Å². The van der Waals surface area contributed by atoms with Crippen LogP contribution in [0.4, 0.5) is 0 Å². The molecule has 0 bridgehead atoms. The van der Waals surface area contributed by atoms with Crippen molar-refractivity contribution in [2.45, 2.75) is 17.9 Å². The second-order valence-corrected chi connectivity index (χ2v) is 6.78. The number of sulfonamides is 1. The first-order valence-corrected chi connectivity index (χ1v) is 7.79. The minimum atomic E-state index is -3.84. The van der Waals surface area contributed by atoms with E-state index in [0.717, 1.165) is 4.31 Å². The van der Waals surface area contributed by atoms with E-state index in [2.05, 4.69) is 5.32 Å². The minimum Gasteiger partial charge on any atom is -0.353 e. The highest BCUT2D eigenvalue weighted by atomic mass is 35.5. The summed E-state index contributed by atoms with van der Waals surface area (Å²) < 4.78 is 26.2. The molecule has 1 aromatic carbocycles. The van der Waals surface area contributed by atoms with Crippen molar-refractivity contribution < 1.29 is 13.2 Å². The van der Waals surface area contributed by atoms with Crippen LogP contribution in [-0.2, 0) is 14.8 Å². The van der Waals surface area contributed by atoms with Gasteiger partial charge in [-0.05, 0) is 19.1 Å². The van der Waals surface area contributed by atoms with Gasteiger partial charge in [0.25, 0.3) is 0 Å². The molecule has 0 saturated carbocycles. The number of rotatable bonds is 2. The third-order valence-electron chi connectivity index (χ3n) is 2.95. The Labute approximate surface area is 121 Å². The molecule has 0 spiro atoms. The fourth-order valence-corrected chi connectivity index (χ4v) is 4.23. The molecule has 1 amide bonds. The molecule has 1 saturated heterocycles. The van der Waals surface area contributed by atoms with E-state index in [1.807, 2.05) is 0 Å². The van der Waals surface area contributed by atoms with Gasteiger partial charge in [0, 0.05) is 13.1 Å². The van der Waals surface area contributed by atoms with Crippen LogP contribution in [0.3, 0.4) is 0 Å². The molecule has 1 aliphatic heterocycles. The Morgan fingerprint density at radius 1 is 1.37 bits per heavy atom. The Balaban J connectivity index is 2.48. The van der Waals surface area contributed by atoms with Gasteiger partial charge in [0.1, 0.15) is 10.9 Å². The number of amides is 1. The molecule has 8 heteroatoms. The van der Waals surface area contributed by atoms with Crippen LogP contribution in [0, 0.1) is 0 Å². The first-order chi connectivity index (χ1) is 8.85. The molecule has 0 radical (unpaired) electrons. The highest BCUT2D eigenvalue weighted by Gasteiger charge is 2.36. The van der Waals surface area contributed by atoms with Crippen LogP contribution < -0.4 is 5.32 Å². The minimum absolute atomic E-state index is 0.0256. The van der Waals surface area contributed by atoms with Gasteiger partial charge >= 0.3 is 0 Å². The Morgan fingerprint density at radius 3 is 2.74 bits per heavy atom. The number of carbonyl (C=O) groups excluding carboxylic acids is 1. The maximum absolute atomic E-state index is 12.5. The predicted molar refractivity (Wildman–Crippen MR) is 72.8 cm³/mol. The summed E-state index contributed by atoms with van der Waals surface area (Å²) in [4.78, 5) is 11.5. The zero-order chi connectivity index (χ0) is 14.2. The molecule has 0 aliphatic carbocycles. The second-order valence-electron chi connectivity index (χ2n) is 4.13. The number of hydrogen-bond acceptors (Lipinski definition) is 3. The van der Waals surface area contributed by atoms with Crippen LogP contribution in [0.15, 0.2) is 23.1 Å². The number of halogens is 2. The fourth-order valence-electron chi connectivity index (χ4n) is 1.90. The van der Waals surface area contributed by atoms with Crippen molar-refractivity contribution in [3.8, 4) is 0 Å². The number of nitrogens with one attached hydrogen (secondary N) is 1. The average molecular weight is 323 g/mol. The van der Waals surface area contributed by atoms with Crippen LogP contribution in [0.25, 0.3) is 0 Å². The molecule has 1 unspecified atom stereocenters. The number of hydrogen-bond donors (Lipinski definition) is 1. The zero-order valence-corrected chi connectivity index (χ0v) is 12.4. The smallest absolute Gasteiger partial charge is 0.245 e. The van der Waals surface area contributed by atoms with Gasteiger partial charge in [-0.3, -0.25) is 4.79 Å². The lowest BCUT2D eigenvalue weighted by Crippen LogP contribution is -2.55. The maximum atomic E-state index is 12.5. The van der Waals surface area contributed by atoms with Gasteiger partial charge in [-0.25, -0.2) is 8.42 Å². The number of nitrogens with zero attached hydrogens (tertiary/aromatic N) is 1. The SMILES string of the molecule is CC1C(=O)NCCN1S(=O)(=O)c1cccc(Cl)c1Cl. The summed E-state index contributed by atoms with van der Waals surface area (Å²) in [5, 5.41) is 2.75. The van der Waals surface area contributed by atoms with Crippen molar-refractivity contribution in [2.24, 2.45) is 0 Å². The summed E-state index contributed by atoms with van der Waals surface area (Å²) in [6, 6.07) is 3.63. The van der Waals surface area contributed by atoms with Crippen LogP contribution in [0.1, 0.15) is 6.92 Å². The van der Waals surface area contributed by atoms with Crippen LogP contribution in [-0.4, -0.2) is 37.8 Å². The summed E-state index contributed by atoms with van der Waals surface area (Å²) in [6.45, 7) is 2.02. The van der Waals surface area contributed by atoms with Crippen molar-refractivity contribution in [3.05, 3.63) is 28.2 Å². The lowest BCUT2D eigenvalue weighted by Gasteiger charge is -2.32. The highest BCUT2D eigenvalue weighted by Crippen LogP contribution is 2.31. The fraction of sp³-hybridized carbons (Fsp3) is 0.364. The molecule has 0 aromatic heterocycles. The average Bonchev–Trinajstić information content (AvgIpc) is 2.35. The summed E-state index contributed by atoms with van der Waals surface area (Å²) in [5.74, 6) is -0.326. The Kier molecular flexibility index (Phi) is 4.06. The van der Waals surface area contributed by atoms with Gasteiger partial charge in [0.15, 0.2) is 0 Å². The number of carbonyl (C=O) groups is 1. The Hall–Kier alpha value is -0.820. The number of piperazine rings is 1. The molecule has 1 N–H and O–H groups in total. The number of benzene rings is 1. The van der Waals surface area contributed by atoms with E-state index >= 15 is 0 Å². The summed E-state index contributed by atoms with van der Waals surface area (Å²) in [7, 11) is -3.84. The van der Waals surface area contributed by atoms with E-state index in [4.69, 9.17) is 23.2 Å². The first kappa shape index (κ1) is 14.6. The van der Waals surface area contributed by atoms with E-state index < -0.39 is 16.1 Å². The summed E-state index contributed by atoms with van der Waals surface area (Å²) in [6.07, 6.45) is 0. The molecule has 2 rings (SSSR count). The molecule has 104 valence electrons. The van der Waals surface area contributed by atoms with Crippen molar-refractivity contribution in [1.29, 1.82) is 0 Å². The predicted octanol–water partition coefficient (Wildman–Crippen LogP) is 1.50. The Bertz CT molecular complexity index is 618. The molecule has 1 aromatic rings. The van der Waals surface area contributed by atoms with Crippen LogP contribution >= 0.6 is 23.2 Å². The lowest BCUT2D eigenvalue weighted by atomic mass is 10.2. The van der Waals surface area contributed by atoms with Crippen molar-refractivity contribution in [3.63, 3.8) is 0 Å². The monoisotopic (exact) mass is 322 g/mol. The van der Waals surface area contributed by atoms with Gasteiger partial charge in [-0.15, -0.1) is 0 Å². The van der Waals surface area contributed by atoms with Crippen LogP contribution in [0.5, 0.6) is 0 Å². The molecule has 1 atom stereocenters. The highest BCUT2D eigenvalue weighted by molar-refractivity contribution is 7.89. The van der Waals surface area contributed by atoms with Gasteiger partial charge in [0.05, 0.1) is 10.0 Å². The van der Waals surface area contributed by atoms with Crippen molar-refractivity contribution in [2.75, 3.05) is 13.1 Å². The normalized spacial score (nSPS) is 21.2. The third-order valence-corrected chi connectivity index (χ3v) is 5.89. The van der Waals surface area contributed by atoms with E-state index in [0.29, 0.717) is 0 Å². The molecule has 1 heterocycles. The van der Waals surface area contributed by atoms with E-state index in [9.17, 15) is 13.2 Å². The molecule has 1 aliphatic rings. The summed E-state index contributed by atoms with van der Waals surface area (Å²) >= 11 is 11.8. The van der Waals surface area contributed by atoms with Gasteiger partial charge in [-0.1, -0.05) is 29.3 Å². The Morgan fingerprint density at radius 2 is 2.05 bits per heavy atom. The maximum Gasteiger partial charge on any atom is 0.245 e. The quantitative estimate of drug-likeness (QED) is 0.897. The van der Waals surface area contributed by atoms with Gasteiger partial charge in [0.2, 0.25) is 15.9 Å². The largest absolute Gasteiger partial charge is 0.353 e. The first-order valence-electron chi connectivity index (χ1n) is 5.59. The molecular formula is C11H12Cl2N2O3S. The molecular weight excluding hydrogens is 311 g/mol. The third kappa shape index (κ3) is 2.58. The molecule has 1 fully saturated rings. The zero-order valence-electron chi connectivity index (χ0n) is 10.1. The van der Waals surface area contributed by atoms with E-state index in [1.165, 1.54) is 25.1 Å². The lowest BCUT2D eigenvalue weighted by molar-refractivity contribution is -0.126. The standard InChI is InChI=1S/C11H12Cl2N2O3S/c1-7-11(16)14-5-6-15(7)19(17,18)9-4-2-3-8(12)10(9)13/h2-4,7H,5-6H2,1H3,(H,14,16).